The second kappa shape index (κ2) is 6.94. The number of benzene rings is 1. The summed E-state index contributed by atoms with van der Waals surface area (Å²) in [5.41, 5.74) is 2.61. The Morgan fingerprint density at radius 2 is 2.19 bits per heavy atom. The Hall–Kier alpha value is -2.28. The molecule has 0 saturated heterocycles. The van der Waals surface area contributed by atoms with Crippen molar-refractivity contribution >= 4 is 11.6 Å². The number of hydrogen-bond donors (Lipinski definition) is 2. The molecule has 1 heterocycles. The van der Waals surface area contributed by atoms with Crippen LogP contribution in [0.4, 0.5) is 5.69 Å². The van der Waals surface area contributed by atoms with Gasteiger partial charge in [0.25, 0.3) is 0 Å². The Kier molecular flexibility index (Phi) is 4.99. The predicted molar refractivity (Wildman–Crippen MR) is 80.3 cm³/mol. The van der Waals surface area contributed by atoms with E-state index in [0.717, 1.165) is 16.9 Å². The molecule has 0 radical (unpaired) electrons. The zero-order valence-electron chi connectivity index (χ0n) is 12.5. The smallest absolute Gasteiger partial charge is 0.225 e. The molecular formula is C14H20N6O. The molecule has 2 rings (SSSR count). The number of rotatable bonds is 6. The molecule has 0 spiro atoms. The predicted octanol–water partition coefficient (Wildman–Crippen LogP) is 1.30. The van der Waals surface area contributed by atoms with Crippen LogP contribution in [0.25, 0.3) is 5.69 Å². The quantitative estimate of drug-likeness (QED) is 0.837. The minimum atomic E-state index is -0.0188. The monoisotopic (exact) mass is 288 g/mol. The van der Waals surface area contributed by atoms with Gasteiger partial charge in [-0.1, -0.05) is 19.9 Å². The number of tetrazole rings is 1. The number of aromatic nitrogens is 4. The number of hydrogen-bond acceptors (Lipinski definition) is 5. The first-order chi connectivity index (χ1) is 10.1. The number of nitrogens with one attached hydrogen (secondary N) is 2. The fraction of sp³-hybridized carbons (Fsp3) is 0.429. The van der Waals surface area contributed by atoms with E-state index in [9.17, 15) is 4.79 Å². The van der Waals surface area contributed by atoms with E-state index in [1.54, 1.807) is 4.68 Å². The van der Waals surface area contributed by atoms with Crippen LogP contribution in [0.15, 0.2) is 24.5 Å². The van der Waals surface area contributed by atoms with E-state index in [-0.39, 0.29) is 5.91 Å². The maximum absolute atomic E-state index is 11.9. The summed E-state index contributed by atoms with van der Waals surface area (Å²) in [6.07, 6.45) is 1.97. The molecule has 1 amide bonds. The van der Waals surface area contributed by atoms with Crippen LogP contribution in [-0.2, 0) is 4.79 Å². The zero-order valence-corrected chi connectivity index (χ0v) is 12.5. The van der Waals surface area contributed by atoms with E-state index in [2.05, 4.69) is 40.0 Å². The van der Waals surface area contributed by atoms with E-state index in [4.69, 9.17) is 0 Å². The lowest BCUT2D eigenvalue weighted by Gasteiger charge is -2.10. The van der Waals surface area contributed by atoms with Crippen LogP contribution in [0, 0.1) is 6.92 Å². The van der Waals surface area contributed by atoms with Gasteiger partial charge >= 0.3 is 0 Å². The fourth-order valence-electron chi connectivity index (χ4n) is 1.90. The molecule has 0 aliphatic carbocycles. The highest BCUT2D eigenvalue weighted by Crippen LogP contribution is 2.18. The Labute approximate surface area is 123 Å². The van der Waals surface area contributed by atoms with Crippen LogP contribution in [-0.4, -0.2) is 38.7 Å². The van der Waals surface area contributed by atoms with Crippen LogP contribution in [0.3, 0.4) is 0 Å². The van der Waals surface area contributed by atoms with Gasteiger partial charge in [-0.15, -0.1) is 5.10 Å². The third-order valence-corrected chi connectivity index (χ3v) is 2.99. The Bertz CT molecular complexity index is 594. The van der Waals surface area contributed by atoms with Crippen LogP contribution >= 0.6 is 0 Å². The Morgan fingerprint density at radius 3 is 2.86 bits per heavy atom. The molecule has 7 heteroatoms. The average Bonchev–Trinajstić information content (AvgIpc) is 2.94. The molecule has 0 unspecified atom stereocenters. The van der Waals surface area contributed by atoms with Gasteiger partial charge in [0.1, 0.15) is 6.33 Å². The molecule has 21 heavy (non-hydrogen) atoms. The average molecular weight is 288 g/mol. The van der Waals surface area contributed by atoms with Crippen molar-refractivity contribution in [3.63, 3.8) is 0 Å². The molecule has 1 aromatic carbocycles. The third-order valence-electron chi connectivity index (χ3n) is 2.99. The van der Waals surface area contributed by atoms with E-state index in [0.29, 0.717) is 19.0 Å². The summed E-state index contributed by atoms with van der Waals surface area (Å²) in [5.74, 6) is -0.0188. The maximum atomic E-state index is 11.9. The van der Waals surface area contributed by atoms with Crippen molar-refractivity contribution in [3.8, 4) is 5.69 Å². The van der Waals surface area contributed by atoms with Gasteiger partial charge in [0.05, 0.1) is 5.69 Å². The van der Waals surface area contributed by atoms with Crippen molar-refractivity contribution in [1.29, 1.82) is 0 Å². The first-order valence-corrected chi connectivity index (χ1v) is 6.93. The molecule has 2 aromatic rings. The van der Waals surface area contributed by atoms with Crippen molar-refractivity contribution in [2.24, 2.45) is 0 Å². The first-order valence-electron chi connectivity index (χ1n) is 6.93. The highest BCUT2D eigenvalue weighted by atomic mass is 16.1. The summed E-state index contributed by atoms with van der Waals surface area (Å²) in [7, 11) is 0. The lowest BCUT2D eigenvalue weighted by Crippen LogP contribution is -2.27. The lowest BCUT2D eigenvalue weighted by atomic mass is 10.2. The van der Waals surface area contributed by atoms with E-state index < -0.39 is 0 Å². The van der Waals surface area contributed by atoms with Gasteiger partial charge in [-0.05, 0) is 35.0 Å². The van der Waals surface area contributed by atoms with Gasteiger partial charge in [0, 0.05) is 24.7 Å². The third kappa shape index (κ3) is 4.35. The second-order valence-electron chi connectivity index (χ2n) is 5.16. The molecule has 0 atom stereocenters. The fourth-order valence-corrected chi connectivity index (χ4v) is 1.90. The highest BCUT2D eigenvalue weighted by molar-refractivity contribution is 5.91. The van der Waals surface area contributed by atoms with Crippen LogP contribution in [0.5, 0.6) is 0 Å². The highest BCUT2D eigenvalue weighted by Gasteiger charge is 2.07. The van der Waals surface area contributed by atoms with E-state index >= 15 is 0 Å². The number of carbonyl (C=O) groups excluding carboxylic acids is 1. The van der Waals surface area contributed by atoms with Gasteiger partial charge in [-0.2, -0.15) is 0 Å². The van der Waals surface area contributed by atoms with E-state index in [1.165, 1.54) is 6.33 Å². The topological polar surface area (TPSA) is 84.7 Å². The van der Waals surface area contributed by atoms with Crippen molar-refractivity contribution in [3.05, 3.63) is 30.1 Å². The van der Waals surface area contributed by atoms with Gasteiger partial charge in [-0.25, -0.2) is 4.68 Å². The molecule has 0 bridgehead atoms. The molecule has 0 fully saturated rings. The number of anilines is 1. The van der Waals surface area contributed by atoms with Gasteiger partial charge < -0.3 is 10.6 Å². The largest absolute Gasteiger partial charge is 0.326 e. The number of carbonyl (C=O) groups is 1. The van der Waals surface area contributed by atoms with Crippen LogP contribution in [0.1, 0.15) is 25.8 Å². The first kappa shape index (κ1) is 15.1. The number of nitrogens with zero attached hydrogens (tertiary/aromatic N) is 4. The summed E-state index contributed by atoms with van der Waals surface area (Å²) in [6.45, 7) is 6.73. The summed E-state index contributed by atoms with van der Waals surface area (Å²) in [5, 5.41) is 17.2. The van der Waals surface area contributed by atoms with Gasteiger partial charge in [-0.3, -0.25) is 4.79 Å². The normalized spacial score (nSPS) is 10.9. The standard InChI is InChI=1S/C14H20N6O/c1-10(2)15-7-6-14(21)17-12-5-4-11(3)13(8-12)20-9-16-18-19-20/h4-5,8-10,15H,6-7H2,1-3H3,(H,17,21). The molecule has 0 saturated carbocycles. The minimum absolute atomic E-state index is 0.0188. The SMILES string of the molecule is Cc1ccc(NC(=O)CCNC(C)C)cc1-n1cnnn1. The summed E-state index contributed by atoms with van der Waals surface area (Å²) in [6, 6.07) is 6.04. The van der Waals surface area contributed by atoms with Crippen LogP contribution in [0.2, 0.25) is 0 Å². The van der Waals surface area contributed by atoms with Crippen molar-refractivity contribution in [2.45, 2.75) is 33.2 Å². The maximum Gasteiger partial charge on any atom is 0.225 e. The summed E-state index contributed by atoms with van der Waals surface area (Å²) < 4.78 is 1.57. The van der Waals surface area contributed by atoms with Crippen molar-refractivity contribution in [1.82, 2.24) is 25.5 Å². The molecule has 2 N–H and O–H groups in total. The van der Waals surface area contributed by atoms with Crippen molar-refractivity contribution < 1.29 is 4.79 Å². The summed E-state index contributed by atoms with van der Waals surface area (Å²) >= 11 is 0. The molecular weight excluding hydrogens is 268 g/mol. The number of amides is 1. The zero-order chi connectivity index (χ0) is 15.2. The van der Waals surface area contributed by atoms with Crippen LogP contribution < -0.4 is 10.6 Å². The van der Waals surface area contributed by atoms with E-state index in [1.807, 2.05) is 25.1 Å². The molecule has 1 aromatic heterocycles. The minimum Gasteiger partial charge on any atom is -0.326 e. The van der Waals surface area contributed by atoms with Crippen molar-refractivity contribution in [2.75, 3.05) is 11.9 Å². The lowest BCUT2D eigenvalue weighted by molar-refractivity contribution is -0.116. The van der Waals surface area contributed by atoms with Gasteiger partial charge in [0.2, 0.25) is 5.91 Å². The Balaban J connectivity index is 2.01. The molecule has 0 aliphatic rings. The second-order valence-corrected chi connectivity index (χ2v) is 5.16. The molecule has 7 nitrogen and oxygen atoms in total. The Morgan fingerprint density at radius 1 is 1.38 bits per heavy atom. The molecule has 112 valence electrons. The van der Waals surface area contributed by atoms with Gasteiger partial charge in [0.15, 0.2) is 0 Å². The molecule has 0 aliphatic heterocycles. The number of aryl methyl sites for hydroxylation is 1. The summed E-state index contributed by atoms with van der Waals surface area (Å²) in [4.78, 5) is 11.9.